The molecule has 1 saturated carbocycles. The lowest BCUT2D eigenvalue weighted by Gasteiger charge is -2.44. The molecule has 0 spiro atoms. The van der Waals surface area contributed by atoms with E-state index in [9.17, 15) is 0 Å². The minimum absolute atomic E-state index is 0.0911. The topological polar surface area (TPSA) is 9.23 Å². The van der Waals surface area contributed by atoms with Crippen LogP contribution in [0.25, 0.3) is 0 Å². The molecular formula is C17H28OSi. The number of hydrogen-bond acceptors (Lipinski definition) is 1. The third-order valence-corrected chi connectivity index (χ3v) is 5.29. The monoisotopic (exact) mass is 276 g/mol. The van der Waals surface area contributed by atoms with E-state index in [-0.39, 0.29) is 5.60 Å². The highest BCUT2D eigenvalue weighted by Gasteiger charge is 2.40. The molecule has 0 bridgehead atoms. The summed E-state index contributed by atoms with van der Waals surface area (Å²) in [6, 6.07) is 10.9. The van der Waals surface area contributed by atoms with Crippen LogP contribution in [0.5, 0.6) is 0 Å². The lowest BCUT2D eigenvalue weighted by molar-refractivity contribution is -0.00360. The fourth-order valence-corrected chi connectivity index (χ4v) is 4.99. The van der Waals surface area contributed by atoms with E-state index < -0.39 is 8.32 Å². The van der Waals surface area contributed by atoms with Crippen molar-refractivity contribution in [3.05, 3.63) is 35.9 Å². The molecule has 0 aromatic heterocycles. The Labute approximate surface area is 119 Å². The second kappa shape index (κ2) is 5.80. The third-order valence-electron chi connectivity index (χ3n) is 4.25. The molecule has 0 radical (unpaired) electrons. The van der Waals surface area contributed by atoms with Crippen LogP contribution in [0.1, 0.15) is 44.6 Å². The average Bonchev–Trinajstić information content (AvgIpc) is 2.39. The van der Waals surface area contributed by atoms with Gasteiger partial charge in [0.25, 0.3) is 0 Å². The maximum absolute atomic E-state index is 6.69. The summed E-state index contributed by atoms with van der Waals surface area (Å²) in [6.07, 6.45) is 6.75. The van der Waals surface area contributed by atoms with Crippen LogP contribution in [0.2, 0.25) is 19.6 Å². The summed E-state index contributed by atoms with van der Waals surface area (Å²) in [5.74, 6) is 0.676. The number of rotatable bonds is 4. The maximum atomic E-state index is 6.69. The van der Waals surface area contributed by atoms with Crippen molar-refractivity contribution in [3.63, 3.8) is 0 Å². The smallest absolute Gasteiger partial charge is 0.184 e. The molecule has 1 fully saturated rings. The van der Waals surface area contributed by atoms with E-state index in [4.69, 9.17) is 4.43 Å². The van der Waals surface area contributed by atoms with E-state index in [1.54, 1.807) is 0 Å². The average molecular weight is 276 g/mol. The molecule has 1 atom stereocenters. The Balaban J connectivity index is 2.31. The van der Waals surface area contributed by atoms with Gasteiger partial charge in [-0.2, -0.15) is 0 Å². The molecule has 0 saturated heterocycles. The van der Waals surface area contributed by atoms with Gasteiger partial charge < -0.3 is 4.43 Å². The summed E-state index contributed by atoms with van der Waals surface area (Å²) in [4.78, 5) is 0. The molecular weight excluding hydrogens is 248 g/mol. The molecule has 1 aliphatic rings. The normalized spacial score (nSPS) is 21.1. The van der Waals surface area contributed by atoms with E-state index in [0.717, 1.165) is 0 Å². The summed E-state index contributed by atoms with van der Waals surface area (Å²) in [7, 11) is -1.56. The van der Waals surface area contributed by atoms with Gasteiger partial charge in [-0.3, -0.25) is 0 Å². The van der Waals surface area contributed by atoms with Crippen molar-refractivity contribution >= 4 is 8.32 Å². The van der Waals surface area contributed by atoms with Crippen LogP contribution in [0, 0.1) is 5.92 Å². The van der Waals surface area contributed by atoms with Crippen molar-refractivity contribution in [1.82, 2.24) is 0 Å². The van der Waals surface area contributed by atoms with Gasteiger partial charge in [-0.25, -0.2) is 0 Å². The van der Waals surface area contributed by atoms with Crippen LogP contribution < -0.4 is 0 Å². The molecule has 0 N–H and O–H groups in total. The minimum atomic E-state index is -1.56. The maximum Gasteiger partial charge on any atom is 0.184 e. The first-order valence-electron chi connectivity index (χ1n) is 7.67. The van der Waals surface area contributed by atoms with Gasteiger partial charge in [-0.05, 0) is 50.9 Å². The van der Waals surface area contributed by atoms with Crippen molar-refractivity contribution in [2.75, 3.05) is 0 Å². The van der Waals surface area contributed by atoms with Gasteiger partial charge in [0.15, 0.2) is 8.32 Å². The first-order valence-corrected chi connectivity index (χ1v) is 11.1. The predicted octanol–water partition coefficient (Wildman–Crippen LogP) is 5.33. The Bertz CT molecular complexity index is 389. The molecule has 19 heavy (non-hydrogen) atoms. The lowest BCUT2D eigenvalue weighted by Crippen LogP contribution is -2.44. The standard InChI is InChI=1S/C17H28OSi/c1-17(18-19(2,3)4,15-11-7-5-8-12-15)16-13-9-6-10-14-16/h5,7-8,11-12,16H,6,9-10,13-14H2,1-4H3. The highest BCUT2D eigenvalue weighted by Crippen LogP contribution is 2.43. The van der Waals surface area contributed by atoms with E-state index >= 15 is 0 Å². The van der Waals surface area contributed by atoms with Crippen LogP contribution in [0.4, 0.5) is 0 Å². The summed E-state index contributed by atoms with van der Waals surface area (Å²) in [6.45, 7) is 9.24. The molecule has 1 aromatic carbocycles. The second-order valence-electron chi connectivity index (χ2n) is 7.02. The third kappa shape index (κ3) is 3.70. The van der Waals surface area contributed by atoms with E-state index in [1.807, 2.05) is 0 Å². The highest BCUT2D eigenvalue weighted by atomic mass is 28.4. The fraction of sp³-hybridized carbons (Fsp3) is 0.647. The van der Waals surface area contributed by atoms with E-state index in [2.05, 4.69) is 56.9 Å². The van der Waals surface area contributed by atoms with Crippen molar-refractivity contribution in [3.8, 4) is 0 Å². The summed E-state index contributed by atoms with van der Waals surface area (Å²) in [5.41, 5.74) is 1.27. The van der Waals surface area contributed by atoms with Gasteiger partial charge >= 0.3 is 0 Å². The van der Waals surface area contributed by atoms with E-state index in [0.29, 0.717) is 5.92 Å². The molecule has 0 aliphatic heterocycles. The molecule has 1 nitrogen and oxygen atoms in total. The van der Waals surface area contributed by atoms with E-state index in [1.165, 1.54) is 37.7 Å². The Morgan fingerprint density at radius 1 is 1.00 bits per heavy atom. The van der Waals surface area contributed by atoms with Crippen molar-refractivity contribution in [2.24, 2.45) is 5.92 Å². The minimum Gasteiger partial charge on any atom is -0.408 e. The highest BCUT2D eigenvalue weighted by molar-refractivity contribution is 6.69. The molecule has 1 aromatic rings. The van der Waals surface area contributed by atoms with Gasteiger partial charge in [0.2, 0.25) is 0 Å². The van der Waals surface area contributed by atoms with Crippen molar-refractivity contribution in [1.29, 1.82) is 0 Å². The van der Waals surface area contributed by atoms with Crippen molar-refractivity contribution < 1.29 is 4.43 Å². The Kier molecular flexibility index (Phi) is 4.52. The molecule has 1 unspecified atom stereocenters. The van der Waals surface area contributed by atoms with Crippen LogP contribution in [0.15, 0.2) is 30.3 Å². The molecule has 1 aliphatic carbocycles. The van der Waals surface area contributed by atoms with Gasteiger partial charge in [-0.15, -0.1) is 0 Å². The number of benzene rings is 1. The summed E-state index contributed by atoms with van der Waals surface area (Å²) < 4.78 is 6.69. The van der Waals surface area contributed by atoms with Gasteiger partial charge in [0.1, 0.15) is 0 Å². The summed E-state index contributed by atoms with van der Waals surface area (Å²) in [5, 5.41) is 0. The Morgan fingerprint density at radius 2 is 1.58 bits per heavy atom. The van der Waals surface area contributed by atoms with Gasteiger partial charge in [0.05, 0.1) is 5.60 Å². The first-order chi connectivity index (χ1) is 8.92. The SMILES string of the molecule is CC(O[Si](C)(C)C)(c1ccccc1)C1CCCCC1. The molecule has 0 amide bonds. The molecule has 0 heterocycles. The number of hydrogen-bond donors (Lipinski definition) is 0. The van der Waals surface area contributed by atoms with Crippen LogP contribution >= 0.6 is 0 Å². The zero-order valence-corrected chi connectivity index (χ0v) is 13.9. The van der Waals surface area contributed by atoms with Gasteiger partial charge in [-0.1, -0.05) is 49.6 Å². The molecule has 106 valence electrons. The van der Waals surface area contributed by atoms with Crippen molar-refractivity contribution in [2.45, 2.75) is 64.3 Å². The van der Waals surface area contributed by atoms with Crippen LogP contribution in [-0.4, -0.2) is 8.32 Å². The largest absolute Gasteiger partial charge is 0.408 e. The second-order valence-corrected chi connectivity index (χ2v) is 11.5. The Hall–Kier alpha value is -0.603. The van der Waals surface area contributed by atoms with Gasteiger partial charge in [0, 0.05) is 0 Å². The molecule has 2 heteroatoms. The zero-order valence-electron chi connectivity index (χ0n) is 12.9. The Morgan fingerprint density at radius 3 is 2.11 bits per heavy atom. The first kappa shape index (κ1) is 14.8. The van der Waals surface area contributed by atoms with Crippen LogP contribution in [0.3, 0.4) is 0 Å². The zero-order chi connectivity index (χ0) is 13.9. The predicted molar refractivity (Wildman–Crippen MR) is 84.8 cm³/mol. The fourth-order valence-electron chi connectivity index (χ4n) is 3.44. The van der Waals surface area contributed by atoms with Crippen LogP contribution in [-0.2, 0) is 10.0 Å². The lowest BCUT2D eigenvalue weighted by atomic mass is 9.74. The quantitative estimate of drug-likeness (QED) is 0.675. The molecule has 2 rings (SSSR count). The summed E-state index contributed by atoms with van der Waals surface area (Å²) >= 11 is 0.